The van der Waals surface area contributed by atoms with Crippen LogP contribution in [0.2, 0.25) is 0 Å². The first-order valence-electron chi connectivity index (χ1n) is 8.78. The molecule has 1 aromatic heterocycles. The molecule has 1 aromatic carbocycles. The van der Waals surface area contributed by atoms with E-state index in [9.17, 15) is 4.79 Å². The Hall–Kier alpha value is -3.03. The molecule has 0 bridgehead atoms. The van der Waals surface area contributed by atoms with Crippen LogP contribution in [0.15, 0.2) is 30.2 Å². The number of carbonyl (C=O) groups excluding carboxylic acids is 1. The highest BCUT2D eigenvalue weighted by atomic mass is 16.5. The summed E-state index contributed by atoms with van der Waals surface area (Å²) in [7, 11) is 4.71. The molecule has 2 heterocycles. The number of anilines is 1. The van der Waals surface area contributed by atoms with Gasteiger partial charge in [0, 0.05) is 12.1 Å². The maximum atomic E-state index is 13.0. The molecular weight excluding hydrogens is 348 g/mol. The van der Waals surface area contributed by atoms with Crippen LogP contribution in [0.4, 0.5) is 5.95 Å². The smallest absolute Gasteiger partial charge is 0.226 e. The van der Waals surface area contributed by atoms with Crippen molar-refractivity contribution in [1.82, 2.24) is 14.8 Å². The Kier molecular flexibility index (Phi) is 4.25. The fourth-order valence-electron chi connectivity index (χ4n) is 3.97. The van der Waals surface area contributed by atoms with Crippen LogP contribution in [0.1, 0.15) is 24.9 Å². The van der Waals surface area contributed by atoms with Gasteiger partial charge in [0.2, 0.25) is 11.7 Å². The van der Waals surface area contributed by atoms with E-state index in [0.717, 1.165) is 11.3 Å². The van der Waals surface area contributed by atoms with Gasteiger partial charge < -0.3 is 19.5 Å². The van der Waals surface area contributed by atoms with Crippen LogP contribution in [-0.2, 0) is 4.79 Å². The number of methoxy groups -OCH3 is 3. The van der Waals surface area contributed by atoms with E-state index in [0.29, 0.717) is 29.6 Å². The molecule has 142 valence electrons. The summed E-state index contributed by atoms with van der Waals surface area (Å²) in [6, 6.07) is 3.39. The topological polar surface area (TPSA) is 87.5 Å². The highest BCUT2D eigenvalue weighted by Crippen LogP contribution is 2.46. The number of Topliss-reactive ketones (excluding diaryl/α,β-unsaturated/α-hetero) is 1. The first-order chi connectivity index (χ1) is 13.1. The number of carbonyl (C=O) groups is 1. The van der Waals surface area contributed by atoms with Crippen molar-refractivity contribution < 1.29 is 19.0 Å². The minimum Gasteiger partial charge on any atom is -0.493 e. The lowest BCUT2D eigenvalue weighted by Gasteiger charge is -2.37. The fourth-order valence-corrected chi connectivity index (χ4v) is 3.97. The Labute approximate surface area is 157 Å². The molecule has 1 aliphatic carbocycles. The van der Waals surface area contributed by atoms with Gasteiger partial charge >= 0.3 is 0 Å². The van der Waals surface area contributed by atoms with Gasteiger partial charge in [0.1, 0.15) is 12.1 Å². The Bertz CT molecular complexity index is 895. The van der Waals surface area contributed by atoms with Gasteiger partial charge in [-0.05, 0) is 23.6 Å². The van der Waals surface area contributed by atoms with Gasteiger partial charge in [0.15, 0.2) is 11.5 Å². The van der Waals surface area contributed by atoms with Crippen molar-refractivity contribution in [3.05, 3.63) is 35.8 Å². The van der Waals surface area contributed by atoms with Gasteiger partial charge in [-0.15, -0.1) is 0 Å². The molecule has 0 unspecified atom stereocenters. The number of fused-ring (bicyclic) bond motifs is 2. The zero-order chi connectivity index (χ0) is 19.1. The van der Waals surface area contributed by atoms with Crippen molar-refractivity contribution in [1.29, 1.82) is 0 Å². The average molecular weight is 370 g/mol. The van der Waals surface area contributed by atoms with Gasteiger partial charge in [-0.25, -0.2) is 4.68 Å². The lowest BCUT2D eigenvalue weighted by atomic mass is 9.78. The van der Waals surface area contributed by atoms with E-state index in [1.54, 1.807) is 26.0 Å². The first-order valence-corrected chi connectivity index (χ1v) is 8.78. The Morgan fingerprint density at radius 3 is 2.48 bits per heavy atom. The van der Waals surface area contributed by atoms with E-state index >= 15 is 0 Å². The number of ketones is 1. The van der Waals surface area contributed by atoms with Gasteiger partial charge in [-0.2, -0.15) is 10.1 Å². The van der Waals surface area contributed by atoms with Crippen LogP contribution in [0.3, 0.4) is 0 Å². The highest BCUT2D eigenvalue weighted by molar-refractivity contribution is 5.88. The second-order valence-corrected chi connectivity index (χ2v) is 6.80. The molecule has 0 fully saturated rings. The summed E-state index contributed by atoms with van der Waals surface area (Å²) < 4.78 is 18.2. The highest BCUT2D eigenvalue weighted by Gasteiger charge is 2.42. The molecule has 2 aromatic rings. The second kappa shape index (κ2) is 6.61. The average Bonchev–Trinajstić information content (AvgIpc) is 3.12. The van der Waals surface area contributed by atoms with Crippen molar-refractivity contribution in [3.8, 4) is 17.2 Å². The molecule has 4 rings (SSSR count). The number of benzene rings is 1. The molecule has 0 saturated heterocycles. The predicted octanol–water partition coefficient (Wildman–Crippen LogP) is 2.43. The summed E-state index contributed by atoms with van der Waals surface area (Å²) in [6.07, 6.45) is 4.09. The second-order valence-electron chi connectivity index (χ2n) is 6.80. The van der Waals surface area contributed by atoms with Crippen LogP contribution < -0.4 is 19.5 Å². The molecule has 8 heteroatoms. The lowest BCUT2D eigenvalue weighted by Crippen LogP contribution is -2.40. The van der Waals surface area contributed by atoms with Crippen LogP contribution in [0, 0.1) is 11.8 Å². The minimum absolute atomic E-state index is 0.174. The fraction of sp³-hybridized carbons (Fsp3) is 0.421. The van der Waals surface area contributed by atoms with Gasteiger partial charge in [-0.1, -0.05) is 13.0 Å². The summed E-state index contributed by atoms with van der Waals surface area (Å²) >= 11 is 0. The molecular formula is C19H22N4O4. The number of nitrogens with one attached hydrogen (secondary N) is 1. The van der Waals surface area contributed by atoms with Crippen molar-refractivity contribution in [3.63, 3.8) is 0 Å². The monoisotopic (exact) mass is 370 g/mol. The summed E-state index contributed by atoms with van der Waals surface area (Å²) in [6.45, 7) is 2.04. The van der Waals surface area contributed by atoms with E-state index in [-0.39, 0.29) is 23.7 Å². The number of nitrogens with zero attached hydrogens (tertiary/aromatic N) is 3. The Balaban J connectivity index is 1.92. The summed E-state index contributed by atoms with van der Waals surface area (Å²) in [5.41, 5.74) is 1.72. The van der Waals surface area contributed by atoms with Crippen LogP contribution in [0.5, 0.6) is 17.2 Å². The van der Waals surface area contributed by atoms with Crippen LogP contribution in [0.25, 0.3) is 0 Å². The van der Waals surface area contributed by atoms with Crippen LogP contribution >= 0.6 is 0 Å². The summed E-state index contributed by atoms with van der Waals surface area (Å²) in [4.78, 5) is 17.3. The quantitative estimate of drug-likeness (QED) is 0.884. The van der Waals surface area contributed by atoms with E-state index < -0.39 is 0 Å². The third kappa shape index (κ3) is 2.72. The molecule has 0 spiro atoms. The molecule has 2 aliphatic rings. The zero-order valence-electron chi connectivity index (χ0n) is 15.7. The summed E-state index contributed by atoms with van der Waals surface area (Å²) in [5, 5.41) is 7.63. The number of rotatable bonds is 4. The van der Waals surface area contributed by atoms with Crippen molar-refractivity contribution >= 4 is 11.7 Å². The molecule has 8 nitrogen and oxygen atoms in total. The molecule has 0 radical (unpaired) electrons. The zero-order valence-corrected chi connectivity index (χ0v) is 15.7. The number of ether oxygens (including phenoxy) is 3. The number of hydrogen-bond donors (Lipinski definition) is 1. The summed E-state index contributed by atoms with van der Waals surface area (Å²) in [5.74, 6) is 2.19. The first kappa shape index (κ1) is 17.4. The van der Waals surface area contributed by atoms with E-state index in [1.807, 2.05) is 19.1 Å². The van der Waals surface area contributed by atoms with Crippen molar-refractivity contribution in [2.75, 3.05) is 26.6 Å². The van der Waals surface area contributed by atoms with Crippen molar-refractivity contribution in [2.45, 2.75) is 19.4 Å². The normalized spacial score (nSPS) is 23.6. The van der Waals surface area contributed by atoms with E-state index in [1.165, 1.54) is 6.33 Å². The van der Waals surface area contributed by atoms with Gasteiger partial charge in [0.05, 0.1) is 33.3 Å². The van der Waals surface area contributed by atoms with Gasteiger partial charge in [-0.3, -0.25) is 4.79 Å². The number of hydrogen-bond acceptors (Lipinski definition) is 7. The maximum absolute atomic E-state index is 13.0. The molecule has 1 N–H and O–H groups in total. The van der Waals surface area contributed by atoms with Crippen LogP contribution in [-0.4, -0.2) is 41.9 Å². The molecule has 0 amide bonds. The third-order valence-electron chi connectivity index (χ3n) is 5.11. The van der Waals surface area contributed by atoms with Gasteiger partial charge in [0.25, 0.3) is 0 Å². The van der Waals surface area contributed by atoms with E-state index in [2.05, 4.69) is 21.5 Å². The standard InChI is InChI=1S/C19H22N4O4/c1-10-5-12-16(13(24)6-10)17(23-19(22-12)20-9-21-23)11-7-14(25-2)18(27-4)15(8-11)26-3/h5,7-10,16-17H,6H2,1-4H3,(H,20,21,22)/t10-,16-,17-/m1/s1. The largest absolute Gasteiger partial charge is 0.493 e. The minimum atomic E-state index is -0.363. The maximum Gasteiger partial charge on any atom is 0.226 e. The predicted molar refractivity (Wildman–Crippen MR) is 98.2 cm³/mol. The Morgan fingerprint density at radius 1 is 1.15 bits per heavy atom. The number of allylic oxidation sites excluding steroid dienone is 2. The molecule has 27 heavy (non-hydrogen) atoms. The molecule has 1 aliphatic heterocycles. The van der Waals surface area contributed by atoms with Crippen molar-refractivity contribution in [2.24, 2.45) is 11.8 Å². The third-order valence-corrected chi connectivity index (χ3v) is 5.11. The molecule has 3 atom stereocenters. The lowest BCUT2D eigenvalue weighted by molar-refractivity contribution is -0.123. The SMILES string of the molecule is COc1cc([C@@H]2[C@H]3C(=O)C[C@H](C)C=C3Nc3ncnn32)cc(OC)c1OC. The van der Waals surface area contributed by atoms with E-state index in [4.69, 9.17) is 14.2 Å². The molecule has 0 saturated carbocycles. The Morgan fingerprint density at radius 2 is 1.85 bits per heavy atom. The number of aromatic nitrogens is 3.